The Morgan fingerprint density at radius 1 is 1.12 bits per heavy atom. The van der Waals surface area contributed by atoms with Crippen LogP contribution in [0.4, 0.5) is 0 Å². The molecule has 0 bridgehead atoms. The van der Waals surface area contributed by atoms with E-state index in [1.54, 1.807) is 0 Å². The summed E-state index contributed by atoms with van der Waals surface area (Å²) in [6.45, 7) is 3.88. The number of rotatable bonds is 3. The van der Waals surface area contributed by atoms with Gasteiger partial charge in [0.05, 0.1) is 0 Å². The van der Waals surface area contributed by atoms with Crippen LogP contribution >= 0.6 is 15.9 Å². The zero-order chi connectivity index (χ0) is 11.4. The molecule has 0 radical (unpaired) electrons. The zero-order valence-corrected chi connectivity index (χ0v) is 10.8. The van der Waals surface area contributed by atoms with Crippen LogP contribution in [0.15, 0.2) is 54.6 Å². The smallest absolute Gasteiger partial charge is 0.0283 e. The lowest BCUT2D eigenvalue weighted by Gasteiger charge is -2.13. The van der Waals surface area contributed by atoms with Crippen LogP contribution in [0.25, 0.3) is 5.57 Å². The molecular weight excluding hydrogens is 260 g/mol. The van der Waals surface area contributed by atoms with Gasteiger partial charge in [-0.25, -0.2) is 0 Å². The van der Waals surface area contributed by atoms with E-state index in [9.17, 15) is 0 Å². The Balaban J connectivity index is 2.32. The molecule has 0 N–H and O–H groups in total. The minimum Gasteiger partial charge on any atom is -0.0985 e. The number of alkyl halides is 1. The van der Waals surface area contributed by atoms with Gasteiger partial charge in [-0.15, -0.1) is 0 Å². The summed E-state index contributed by atoms with van der Waals surface area (Å²) in [5.41, 5.74) is 5.18. The second kappa shape index (κ2) is 5.31. The van der Waals surface area contributed by atoms with Crippen molar-refractivity contribution in [2.24, 2.45) is 0 Å². The van der Waals surface area contributed by atoms with Gasteiger partial charge in [0.15, 0.2) is 0 Å². The Morgan fingerprint density at radius 2 is 1.81 bits per heavy atom. The normalized spacial score (nSPS) is 15.3. The summed E-state index contributed by atoms with van der Waals surface area (Å²) in [7, 11) is 0. The lowest BCUT2D eigenvalue weighted by molar-refractivity contribution is 1.03. The van der Waals surface area contributed by atoms with Gasteiger partial charge in [-0.3, -0.25) is 0 Å². The van der Waals surface area contributed by atoms with E-state index in [4.69, 9.17) is 0 Å². The van der Waals surface area contributed by atoms with Gasteiger partial charge in [-0.1, -0.05) is 65.0 Å². The summed E-state index contributed by atoms with van der Waals surface area (Å²) in [4.78, 5) is 0. The quantitative estimate of drug-likeness (QED) is 0.690. The summed E-state index contributed by atoms with van der Waals surface area (Å²) in [5.74, 6) is 0. The molecule has 0 amide bonds. The zero-order valence-electron chi connectivity index (χ0n) is 9.25. The largest absolute Gasteiger partial charge is 0.0985 e. The van der Waals surface area contributed by atoms with Crippen molar-refractivity contribution >= 4 is 21.5 Å². The van der Waals surface area contributed by atoms with E-state index in [2.05, 4.69) is 58.9 Å². The average Bonchev–Trinajstić information content (AvgIpc) is 2.39. The maximum Gasteiger partial charge on any atom is 0.0283 e. The maximum absolute atomic E-state index is 3.88. The molecule has 0 fully saturated rings. The number of hydrogen-bond donors (Lipinski definition) is 0. The fourth-order valence-electron chi connectivity index (χ4n) is 1.95. The molecular formula is C15H15Br. The Morgan fingerprint density at radius 3 is 2.44 bits per heavy atom. The Hall–Kier alpha value is -1.08. The monoisotopic (exact) mass is 274 g/mol. The molecule has 0 saturated carbocycles. The third-order valence-electron chi connectivity index (χ3n) is 2.83. The first kappa shape index (κ1) is 11.4. The van der Waals surface area contributed by atoms with Gasteiger partial charge in [0, 0.05) is 5.33 Å². The van der Waals surface area contributed by atoms with Gasteiger partial charge >= 0.3 is 0 Å². The molecule has 0 aromatic heterocycles. The van der Waals surface area contributed by atoms with Crippen molar-refractivity contribution in [3.63, 3.8) is 0 Å². The second-order valence-corrected chi connectivity index (χ2v) is 4.45. The Bertz CT molecular complexity index is 435. The van der Waals surface area contributed by atoms with Crippen molar-refractivity contribution in [1.29, 1.82) is 0 Å². The molecule has 0 aliphatic heterocycles. The molecule has 0 unspecified atom stereocenters. The van der Waals surface area contributed by atoms with E-state index < -0.39 is 0 Å². The van der Waals surface area contributed by atoms with E-state index in [0.717, 1.165) is 18.2 Å². The lowest BCUT2D eigenvalue weighted by atomic mass is 9.91. The SMILES string of the molecule is C=CC1=CCCC=C1c1ccc(CBr)cc1. The van der Waals surface area contributed by atoms with Crippen LogP contribution in [0.5, 0.6) is 0 Å². The summed E-state index contributed by atoms with van der Waals surface area (Å²) < 4.78 is 0. The number of allylic oxidation sites excluding steroid dienone is 5. The average molecular weight is 275 g/mol. The predicted octanol–water partition coefficient (Wildman–Crippen LogP) is 4.87. The van der Waals surface area contributed by atoms with Crippen molar-refractivity contribution in [2.75, 3.05) is 0 Å². The maximum atomic E-state index is 3.88. The van der Waals surface area contributed by atoms with Crippen LogP contribution in [-0.2, 0) is 5.33 Å². The van der Waals surface area contributed by atoms with Crippen LogP contribution in [0.2, 0.25) is 0 Å². The summed E-state index contributed by atoms with van der Waals surface area (Å²) >= 11 is 3.46. The van der Waals surface area contributed by atoms with Crippen LogP contribution in [0, 0.1) is 0 Å². The first-order valence-corrected chi connectivity index (χ1v) is 6.65. The minimum absolute atomic E-state index is 0.913. The van der Waals surface area contributed by atoms with Crippen molar-refractivity contribution in [3.05, 3.63) is 65.8 Å². The van der Waals surface area contributed by atoms with Gasteiger partial charge in [0.2, 0.25) is 0 Å². The molecule has 0 heterocycles. The molecule has 0 spiro atoms. The van der Waals surface area contributed by atoms with Gasteiger partial charge in [0.25, 0.3) is 0 Å². The third-order valence-corrected chi connectivity index (χ3v) is 3.48. The van der Waals surface area contributed by atoms with E-state index in [1.165, 1.54) is 22.3 Å². The van der Waals surface area contributed by atoms with Gasteiger partial charge in [-0.05, 0) is 35.1 Å². The number of hydrogen-bond acceptors (Lipinski definition) is 0. The van der Waals surface area contributed by atoms with Crippen LogP contribution in [-0.4, -0.2) is 0 Å². The van der Waals surface area contributed by atoms with Crippen molar-refractivity contribution in [3.8, 4) is 0 Å². The molecule has 0 nitrogen and oxygen atoms in total. The van der Waals surface area contributed by atoms with Crippen molar-refractivity contribution < 1.29 is 0 Å². The molecule has 1 aliphatic rings. The molecule has 0 saturated heterocycles. The standard InChI is InChI=1S/C15H15Br/c1-2-13-5-3-4-6-15(13)14-9-7-12(11-16)8-10-14/h2,5-10H,1,3-4,11H2. The molecule has 2 rings (SSSR count). The summed E-state index contributed by atoms with van der Waals surface area (Å²) in [6.07, 6.45) is 8.78. The first-order chi connectivity index (χ1) is 7.85. The fourth-order valence-corrected chi connectivity index (χ4v) is 2.32. The Labute approximate surface area is 106 Å². The topological polar surface area (TPSA) is 0 Å². The van der Waals surface area contributed by atoms with Crippen LogP contribution in [0.1, 0.15) is 24.0 Å². The Kier molecular flexibility index (Phi) is 3.79. The molecule has 16 heavy (non-hydrogen) atoms. The van der Waals surface area contributed by atoms with E-state index in [-0.39, 0.29) is 0 Å². The third kappa shape index (κ3) is 2.35. The lowest BCUT2D eigenvalue weighted by Crippen LogP contribution is -1.93. The van der Waals surface area contributed by atoms with Crippen LogP contribution in [0.3, 0.4) is 0 Å². The number of halogens is 1. The van der Waals surface area contributed by atoms with Gasteiger partial charge in [0.1, 0.15) is 0 Å². The second-order valence-electron chi connectivity index (χ2n) is 3.89. The van der Waals surface area contributed by atoms with Crippen LogP contribution < -0.4 is 0 Å². The van der Waals surface area contributed by atoms with Crippen molar-refractivity contribution in [2.45, 2.75) is 18.2 Å². The van der Waals surface area contributed by atoms with E-state index in [1.807, 2.05) is 6.08 Å². The van der Waals surface area contributed by atoms with Gasteiger partial charge < -0.3 is 0 Å². The molecule has 1 heteroatoms. The van der Waals surface area contributed by atoms with E-state index >= 15 is 0 Å². The molecule has 1 aromatic rings. The molecule has 1 aromatic carbocycles. The highest BCUT2D eigenvalue weighted by Crippen LogP contribution is 2.29. The molecule has 82 valence electrons. The molecule has 0 atom stereocenters. The molecule has 1 aliphatic carbocycles. The van der Waals surface area contributed by atoms with Crippen molar-refractivity contribution in [1.82, 2.24) is 0 Å². The summed E-state index contributed by atoms with van der Waals surface area (Å²) in [5, 5.41) is 0.913. The first-order valence-electron chi connectivity index (χ1n) is 5.53. The minimum atomic E-state index is 0.913. The highest BCUT2D eigenvalue weighted by Gasteiger charge is 2.07. The highest BCUT2D eigenvalue weighted by molar-refractivity contribution is 9.08. The summed E-state index contributed by atoms with van der Waals surface area (Å²) in [6, 6.07) is 8.71. The predicted molar refractivity (Wildman–Crippen MR) is 74.6 cm³/mol. The highest BCUT2D eigenvalue weighted by atomic mass is 79.9. The fraction of sp³-hybridized carbons (Fsp3) is 0.200. The van der Waals surface area contributed by atoms with E-state index in [0.29, 0.717) is 0 Å². The van der Waals surface area contributed by atoms with Gasteiger partial charge in [-0.2, -0.15) is 0 Å². The number of benzene rings is 1.